The van der Waals surface area contributed by atoms with Crippen LogP contribution in [0.3, 0.4) is 0 Å². The van der Waals surface area contributed by atoms with Gasteiger partial charge in [-0.1, -0.05) is 32.0 Å². The van der Waals surface area contributed by atoms with Gasteiger partial charge >= 0.3 is 0 Å². The van der Waals surface area contributed by atoms with Crippen molar-refractivity contribution in [2.24, 2.45) is 5.73 Å². The zero-order valence-corrected chi connectivity index (χ0v) is 12.1. The minimum absolute atomic E-state index is 0.0828. The molecule has 0 fully saturated rings. The lowest BCUT2D eigenvalue weighted by Gasteiger charge is -2.26. The fourth-order valence-corrected chi connectivity index (χ4v) is 3.05. The molecule has 0 aliphatic carbocycles. The smallest absolute Gasteiger partial charge is 0.234 e. The summed E-state index contributed by atoms with van der Waals surface area (Å²) >= 11 is 0. The van der Waals surface area contributed by atoms with E-state index in [0.717, 1.165) is 11.3 Å². The monoisotopic (exact) mass is 270 g/mol. The second kappa shape index (κ2) is 6.20. The summed E-state index contributed by atoms with van der Waals surface area (Å²) in [6, 6.07) is 7.60. The Labute approximate surface area is 110 Å². The molecule has 18 heavy (non-hydrogen) atoms. The van der Waals surface area contributed by atoms with E-state index in [-0.39, 0.29) is 11.7 Å². The third-order valence-electron chi connectivity index (χ3n) is 2.86. The van der Waals surface area contributed by atoms with Crippen LogP contribution in [0.5, 0.6) is 0 Å². The Balaban J connectivity index is 3.30. The molecule has 5 heteroatoms. The second-order valence-corrected chi connectivity index (χ2v) is 6.66. The summed E-state index contributed by atoms with van der Waals surface area (Å²) < 4.78 is 25.7. The van der Waals surface area contributed by atoms with E-state index in [2.05, 4.69) is 13.8 Å². The third kappa shape index (κ3) is 3.23. The van der Waals surface area contributed by atoms with Crippen molar-refractivity contribution >= 4 is 15.7 Å². The maximum atomic E-state index is 12.1. The lowest BCUT2D eigenvalue weighted by molar-refractivity contribution is 0.591. The number of para-hydroxylation sites is 1. The quantitative estimate of drug-likeness (QED) is 0.859. The number of rotatable bonds is 6. The fraction of sp³-hybridized carbons (Fsp3) is 0.538. The third-order valence-corrected chi connectivity index (χ3v) is 4.64. The Morgan fingerprint density at radius 2 is 1.89 bits per heavy atom. The van der Waals surface area contributed by atoms with Crippen LogP contribution in [0.2, 0.25) is 0 Å². The van der Waals surface area contributed by atoms with Gasteiger partial charge in [0.2, 0.25) is 10.0 Å². The summed E-state index contributed by atoms with van der Waals surface area (Å²) in [7, 11) is -3.28. The van der Waals surface area contributed by atoms with Gasteiger partial charge in [0.05, 0.1) is 11.4 Å². The van der Waals surface area contributed by atoms with Gasteiger partial charge in [0.25, 0.3) is 0 Å². The molecule has 0 spiro atoms. The van der Waals surface area contributed by atoms with Crippen molar-refractivity contribution in [2.45, 2.75) is 26.7 Å². The van der Waals surface area contributed by atoms with Crippen LogP contribution in [0.1, 0.15) is 32.3 Å². The van der Waals surface area contributed by atoms with E-state index in [0.29, 0.717) is 13.1 Å². The highest BCUT2D eigenvalue weighted by atomic mass is 32.2. The van der Waals surface area contributed by atoms with Crippen LogP contribution in [0.15, 0.2) is 24.3 Å². The minimum Gasteiger partial charge on any atom is -0.329 e. The number of nitrogens with zero attached hydrogens (tertiary/aromatic N) is 1. The second-order valence-electron chi connectivity index (χ2n) is 4.47. The maximum absolute atomic E-state index is 12.1. The first-order chi connectivity index (χ1) is 8.44. The van der Waals surface area contributed by atoms with E-state index in [1.54, 1.807) is 6.92 Å². The largest absolute Gasteiger partial charge is 0.329 e. The Kier molecular flexibility index (Phi) is 5.16. The minimum atomic E-state index is -3.28. The highest BCUT2D eigenvalue weighted by Gasteiger charge is 2.22. The summed E-state index contributed by atoms with van der Waals surface area (Å²) in [5.74, 6) is 0.355. The molecular weight excluding hydrogens is 248 g/mol. The van der Waals surface area contributed by atoms with Gasteiger partial charge < -0.3 is 5.73 Å². The van der Waals surface area contributed by atoms with E-state index in [9.17, 15) is 8.42 Å². The van der Waals surface area contributed by atoms with E-state index in [4.69, 9.17) is 5.73 Å². The Hall–Kier alpha value is -1.07. The molecule has 2 N–H and O–H groups in total. The van der Waals surface area contributed by atoms with Gasteiger partial charge in [0.15, 0.2) is 0 Å². The summed E-state index contributed by atoms with van der Waals surface area (Å²) in [4.78, 5) is 0. The van der Waals surface area contributed by atoms with Crippen molar-refractivity contribution in [1.29, 1.82) is 0 Å². The fourth-order valence-electron chi connectivity index (χ4n) is 1.89. The average Bonchev–Trinajstić information content (AvgIpc) is 2.35. The number of hydrogen-bond donors (Lipinski definition) is 1. The van der Waals surface area contributed by atoms with Crippen molar-refractivity contribution in [1.82, 2.24) is 0 Å². The summed E-state index contributed by atoms with van der Waals surface area (Å²) in [6.45, 7) is 6.39. The van der Waals surface area contributed by atoms with E-state index in [1.165, 1.54) is 4.31 Å². The summed E-state index contributed by atoms with van der Waals surface area (Å²) in [6.07, 6.45) is 0. The molecule has 0 saturated carbocycles. The highest BCUT2D eigenvalue weighted by molar-refractivity contribution is 7.92. The molecule has 0 saturated heterocycles. The zero-order valence-electron chi connectivity index (χ0n) is 11.3. The number of sulfonamides is 1. The standard InChI is InChI=1S/C13H22N2O2S/c1-4-18(16,17)15(10-9-14)13-8-6-5-7-12(13)11(2)3/h5-8,11H,4,9-10,14H2,1-3H3. The Morgan fingerprint density at radius 1 is 1.28 bits per heavy atom. The van der Waals surface area contributed by atoms with Crippen molar-refractivity contribution in [3.05, 3.63) is 29.8 Å². The first kappa shape index (κ1) is 15.0. The predicted octanol–water partition coefficient (Wildman–Crippen LogP) is 1.92. The average molecular weight is 270 g/mol. The number of benzene rings is 1. The molecule has 0 atom stereocenters. The van der Waals surface area contributed by atoms with Crippen LogP contribution in [0, 0.1) is 0 Å². The number of anilines is 1. The molecule has 0 radical (unpaired) electrons. The van der Waals surface area contributed by atoms with E-state index < -0.39 is 10.0 Å². The van der Waals surface area contributed by atoms with Gasteiger partial charge in [-0.15, -0.1) is 0 Å². The molecule has 1 aromatic carbocycles. The lowest BCUT2D eigenvalue weighted by Crippen LogP contribution is -2.37. The molecule has 1 aromatic rings. The van der Waals surface area contributed by atoms with E-state index in [1.807, 2.05) is 24.3 Å². The zero-order chi connectivity index (χ0) is 13.8. The van der Waals surface area contributed by atoms with Crippen molar-refractivity contribution in [3.8, 4) is 0 Å². The van der Waals surface area contributed by atoms with Crippen molar-refractivity contribution in [3.63, 3.8) is 0 Å². The number of hydrogen-bond acceptors (Lipinski definition) is 3. The molecule has 0 aliphatic heterocycles. The molecular formula is C13H22N2O2S. The number of nitrogens with two attached hydrogens (primary N) is 1. The highest BCUT2D eigenvalue weighted by Crippen LogP contribution is 2.29. The molecule has 1 rings (SSSR count). The van der Waals surface area contributed by atoms with Gasteiger partial charge in [-0.3, -0.25) is 4.31 Å². The topological polar surface area (TPSA) is 63.4 Å². The predicted molar refractivity (Wildman–Crippen MR) is 76.4 cm³/mol. The summed E-state index contributed by atoms with van der Waals surface area (Å²) in [5.41, 5.74) is 7.32. The SMILES string of the molecule is CCS(=O)(=O)N(CCN)c1ccccc1C(C)C. The molecule has 0 heterocycles. The van der Waals surface area contributed by atoms with Crippen LogP contribution in [0.4, 0.5) is 5.69 Å². The Bertz CT molecular complexity index is 484. The normalized spacial score (nSPS) is 11.8. The lowest BCUT2D eigenvalue weighted by atomic mass is 10.0. The molecule has 0 amide bonds. The van der Waals surface area contributed by atoms with E-state index >= 15 is 0 Å². The molecule has 102 valence electrons. The first-order valence-corrected chi connectivity index (χ1v) is 7.84. The molecule has 0 bridgehead atoms. The van der Waals surface area contributed by atoms with Crippen LogP contribution >= 0.6 is 0 Å². The van der Waals surface area contributed by atoms with Crippen molar-refractivity contribution < 1.29 is 8.42 Å². The van der Waals surface area contributed by atoms with Crippen LogP contribution in [-0.4, -0.2) is 27.3 Å². The van der Waals surface area contributed by atoms with Gasteiger partial charge in [0, 0.05) is 13.1 Å². The first-order valence-electron chi connectivity index (χ1n) is 6.23. The van der Waals surface area contributed by atoms with Gasteiger partial charge in [-0.05, 0) is 24.5 Å². The maximum Gasteiger partial charge on any atom is 0.234 e. The Morgan fingerprint density at radius 3 is 2.39 bits per heavy atom. The molecule has 0 unspecified atom stereocenters. The molecule has 4 nitrogen and oxygen atoms in total. The van der Waals surface area contributed by atoms with Crippen LogP contribution in [0.25, 0.3) is 0 Å². The van der Waals surface area contributed by atoms with Gasteiger partial charge in [-0.25, -0.2) is 8.42 Å². The van der Waals surface area contributed by atoms with Gasteiger partial charge in [-0.2, -0.15) is 0 Å². The van der Waals surface area contributed by atoms with Crippen LogP contribution in [-0.2, 0) is 10.0 Å². The molecule has 0 aromatic heterocycles. The van der Waals surface area contributed by atoms with Crippen LogP contribution < -0.4 is 10.0 Å². The van der Waals surface area contributed by atoms with Crippen molar-refractivity contribution in [2.75, 3.05) is 23.1 Å². The summed E-state index contributed by atoms with van der Waals surface area (Å²) in [5, 5.41) is 0. The van der Waals surface area contributed by atoms with Gasteiger partial charge in [0.1, 0.15) is 0 Å². The molecule has 0 aliphatic rings.